The first-order valence-corrected chi connectivity index (χ1v) is 14.9. The highest BCUT2D eigenvalue weighted by molar-refractivity contribution is 7.46. The van der Waals surface area contributed by atoms with Crippen molar-refractivity contribution in [1.29, 1.82) is 0 Å². The van der Waals surface area contributed by atoms with Crippen LogP contribution in [0.2, 0.25) is 0 Å². The normalized spacial score (nSPS) is 18.1. The van der Waals surface area contributed by atoms with Gasteiger partial charge in [0.2, 0.25) is 29.5 Å². The summed E-state index contributed by atoms with van der Waals surface area (Å²) in [6, 6.07) is -3.40. The van der Waals surface area contributed by atoms with Gasteiger partial charge in [0.15, 0.2) is 0 Å². The molecule has 1 heterocycles. The summed E-state index contributed by atoms with van der Waals surface area (Å²) >= 11 is 0. The molecular formula is C24H44N5O10P. The van der Waals surface area contributed by atoms with Gasteiger partial charge in [0, 0.05) is 13.2 Å². The molecule has 0 bridgehead atoms. The third-order valence-corrected chi connectivity index (χ3v) is 6.83. The highest BCUT2D eigenvalue weighted by Gasteiger charge is 2.38. The van der Waals surface area contributed by atoms with Crippen molar-refractivity contribution in [1.82, 2.24) is 26.2 Å². The zero-order valence-corrected chi connectivity index (χ0v) is 24.9. The highest BCUT2D eigenvalue weighted by Crippen LogP contribution is 2.38. The fraction of sp³-hybridized carbons (Fsp3) is 0.792. The number of amides is 5. The summed E-state index contributed by atoms with van der Waals surface area (Å²) in [5.41, 5.74) is 0. The summed E-state index contributed by atoms with van der Waals surface area (Å²) in [5.74, 6) is -2.48. The van der Waals surface area contributed by atoms with Crippen LogP contribution in [0.3, 0.4) is 0 Å². The smallest absolute Gasteiger partial charge is 0.381 e. The van der Waals surface area contributed by atoms with E-state index in [1.54, 1.807) is 0 Å². The number of nitrogens with zero attached hydrogens (tertiary/aromatic N) is 1. The van der Waals surface area contributed by atoms with E-state index in [1.165, 1.54) is 25.7 Å². The van der Waals surface area contributed by atoms with Crippen LogP contribution in [0.4, 0.5) is 0 Å². The number of nitrogens with one attached hydrogen (secondary N) is 4. The molecule has 0 radical (unpaired) electrons. The van der Waals surface area contributed by atoms with Crippen LogP contribution in [0.1, 0.15) is 60.8 Å². The van der Waals surface area contributed by atoms with Crippen LogP contribution in [0.5, 0.6) is 0 Å². The molecule has 0 spiro atoms. The first-order chi connectivity index (χ1) is 18.5. The summed E-state index contributed by atoms with van der Waals surface area (Å²) in [6.45, 7) is 10.6. The number of carbonyl (C=O) groups is 5. The zero-order chi connectivity index (χ0) is 30.6. The summed E-state index contributed by atoms with van der Waals surface area (Å²) in [6.07, 6.45) is -0.0539. The molecule has 0 saturated carbocycles. The first kappa shape index (κ1) is 35.4. The summed E-state index contributed by atoms with van der Waals surface area (Å²) < 4.78 is 20.7. The van der Waals surface area contributed by atoms with Crippen molar-refractivity contribution in [3.63, 3.8) is 0 Å². The fourth-order valence-electron chi connectivity index (χ4n) is 3.80. The van der Waals surface area contributed by atoms with Crippen molar-refractivity contribution < 1.29 is 47.6 Å². The number of phosphoric acid groups is 1. The van der Waals surface area contributed by atoms with Crippen LogP contribution in [0, 0.1) is 5.92 Å². The van der Waals surface area contributed by atoms with Gasteiger partial charge in [-0.25, -0.2) is 4.57 Å². The fourth-order valence-corrected chi connectivity index (χ4v) is 4.42. The molecule has 1 rings (SSSR count). The number of ether oxygens (including phenoxy) is 1. The minimum Gasteiger partial charge on any atom is -0.381 e. The lowest BCUT2D eigenvalue weighted by Gasteiger charge is -2.40. The maximum Gasteiger partial charge on any atom is 0.469 e. The Labute approximate surface area is 234 Å². The van der Waals surface area contributed by atoms with Gasteiger partial charge in [0.05, 0.1) is 31.7 Å². The largest absolute Gasteiger partial charge is 0.469 e. The van der Waals surface area contributed by atoms with Gasteiger partial charge in [0.1, 0.15) is 18.1 Å². The molecule has 1 aliphatic rings. The molecule has 1 unspecified atom stereocenters. The molecule has 5 amide bonds. The average Bonchev–Trinajstić information content (AvgIpc) is 2.79. The topological polar surface area (TPSA) is 213 Å². The van der Waals surface area contributed by atoms with Crippen LogP contribution >= 0.6 is 7.82 Å². The van der Waals surface area contributed by atoms with E-state index in [0.717, 1.165) is 0 Å². The Morgan fingerprint density at radius 1 is 1.00 bits per heavy atom. The Hall–Kier alpha value is -2.58. The predicted octanol–water partition coefficient (Wildman–Crippen LogP) is -0.832. The van der Waals surface area contributed by atoms with Crippen LogP contribution < -0.4 is 21.3 Å². The number of likely N-dealkylation sites (tertiary alicyclic amines) is 1. The second-order valence-corrected chi connectivity index (χ2v) is 11.3. The Kier molecular flexibility index (Phi) is 14.7. The third-order valence-electron chi connectivity index (χ3n) is 6.22. The molecule has 6 N–H and O–H groups in total. The quantitative estimate of drug-likeness (QED) is 0.0909. The van der Waals surface area contributed by atoms with Gasteiger partial charge < -0.3 is 40.7 Å². The molecular weight excluding hydrogens is 549 g/mol. The molecule has 1 fully saturated rings. The number of rotatable bonds is 17. The van der Waals surface area contributed by atoms with Gasteiger partial charge in [0.25, 0.3) is 0 Å². The average molecular weight is 594 g/mol. The third kappa shape index (κ3) is 12.7. The summed E-state index contributed by atoms with van der Waals surface area (Å²) in [5, 5.41) is 10.1. The number of hydrogen-bond donors (Lipinski definition) is 6. The van der Waals surface area contributed by atoms with Crippen LogP contribution in [0.15, 0.2) is 0 Å². The van der Waals surface area contributed by atoms with Gasteiger partial charge in [-0.05, 0) is 46.5 Å². The van der Waals surface area contributed by atoms with Gasteiger partial charge in [-0.2, -0.15) is 0 Å². The van der Waals surface area contributed by atoms with E-state index >= 15 is 0 Å². The minimum atomic E-state index is -4.74. The monoisotopic (exact) mass is 593 g/mol. The van der Waals surface area contributed by atoms with Crippen molar-refractivity contribution in [3.05, 3.63) is 0 Å². The van der Waals surface area contributed by atoms with E-state index in [4.69, 9.17) is 14.5 Å². The number of carbonyl (C=O) groups excluding carboxylic acids is 5. The maximum atomic E-state index is 12.8. The van der Waals surface area contributed by atoms with Gasteiger partial charge in [-0.15, -0.1) is 0 Å². The SMILES string of the molecule is CCOCCC(=O)N1CCC1C(=O)N[C@@H](CC(C)C)C(=O)NCC(=O)N[C@@H](C)C(=O)N[C@H](C)[C@@H](C)OP(=O)(O)O. The molecule has 0 aromatic heterocycles. The van der Waals surface area contributed by atoms with Crippen molar-refractivity contribution in [3.8, 4) is 0 Å². The highest BCUT2D eigenvalue weighted by atomic mass is 31.2. The molecule has 1 aliphatic heterocycles. The van der Waals surface area contributed by atoms with Crippen LogP contribution in [-0.2, 0) is 37.8 Å². The predicted molar refractivity (Wildman–Crippen MR) is 143 cm³/mol. The van der Waals surface area contributed by atoms with Gasteiger partial charge >= 0.3 is 7.82 Å². The van der Waals surface area contributed by atoms with Crippen LogP contribution in [-0.4, -0.2) is 101 Å². The van der Waals surface area contributed by atoms with Crippen LogP contribution in [0.25, 0.3) is 0 Å². The van der Waals surface area contributed by atoms with E-state index in [2.05, 4.69) is 25.8 Å². The Morgan fingerprint density at radius 2 is 1.65 bits per heavy atom. The van der Waals surface area contributed by atoms with Crippen molar-refractivity contribution in [2.24, 2.45) is 5.92 Å². The van der Waals surface area contributed by atoms with E-state index in [9.17, 15) is 28.5 Å². The van der Waals surface area contributed by atoms with Crippen molar-refractivity contribution >= 4 is 37.4 Å². The molecule has 1 saturated heterocycles. The standard InChI is InChI=1S/C24H44N5O10P/c1-7-38-11-9-21(31)29-10-8-19(29)24(34)28-18(12-14(2)3)23(33)25-13-20(30)26-16(5)22(32)27-15(4)17(6)39-40(35,36)37/h14-19H,7-13H2,1-6H3,(H,25,33)(H,26,30)(H,27,32)(H,28,34)(H2,35,36,37)/t15-,16+,17-,18+,19?/m1/s1. The number of phosphoric ester groups is 1. The molecule has 0 aliphatic carbocycles. The van der Waals surface area contributed by atoms with E-state index in [0.29, 0.717) is 26.0 Å². The van der Waals surface area contributed by atoms with Crippen molar-refractivity contribution in [2.45, 2.75) is 91.1 Å². The summed E-state index contributed by atoms with van der Waals surface area (Å²) in [7, 11) is -4.74. The second kappa shape index (κ2) is 16.6. The molecule has 5 atom stereocenters. The Bertz CT molecular complexity index is 943. The Balaban J connectivity index is 2.60. The van der Waals surface area contributed by atoms with E-state index < -0.39 is 68.3 Å². The Morgan fingerprint density at radius 3 is 2.17 bits per heavy atom. The van der Waals surface area contributed by atoms with E-state index in [1.807, 2.05) is 20.8 Å². The van der Waals surface area contributed by atoms with E-state index in [-0.39, 0.29) is 24.9 Å². The van der Waals surface area contributed by atoms with Crippen molar-refractivity contribution in [2.75, 3.05) is 26.3 Å². The molecule has 16 heteroatoms. The second-order valence-electron chi connectivity index (χ2n) is 10.1. The maximum absolute atomic E-state index is 12.8. The molecule has 15 nitrogen and oxygen atoms in total. The number of hydrogen-bond acceptors (Lipinski definition) is 8. The molecule has 0 aromatic rings. The molecule has 0 aromatic carbocycles. The van der Waals surface area contributed by atoms with Gasteiger partial charge in [-0.1, -0.05) is 13.8 Å². The lowest BCUT2D eigenvalue weighted by Crippen LogP contribution is -2.61. The summed E-state index contributed by atoms with van der Waals surface area (Å²) in [4.78, 5) is 82.0. The molecule has 40 heavy (non-hydrogen) atoms. The molecule has 230 valence electrons. The zero-order valence-electron chi connectivity index (χ0n) is 24.0. The lowest BCUT2D eigenvalue weighted by atomic mass is 9.98. The minimum absolute atomic E-state index is 0.0397. The van der Waals surface area contributed by atoms with Gasteiger partial charge in [-0.3, -0.25) is 28.5 Å². The first-order valence-electron chi connectivity index (χ1n) is 13.3. The lowest BCUT2D eigenvalue weighted by molar-refractivity contribution is -0.149.